The van der Waals surface area contributed by atoms with Crippen LogP contribution >= 0.6 is 0 Å². The van der Waals surface area contributed by atoms with Crippen LogP contribution in [0.3, 0.4) is 0 Å². The molecule has 0 saturated carbocycles. The summed E-state index contributed by atoms with van der Waals surface area (Å²) >= 11 is 0. The van der Waals surface area contributed by atoms with Crippen molar-refractivity contribution in [1.82, 2.24) is 9.78 Å². The van der Waals surface area contributed by atoms with Crippen LogP contribution in [0.5, 0.6) is 0 Å². The van der Waals surface area contributed by atoms with Crippen molar-refractivity contribution in [2.45, 2.75) is 13.0 Å². The summed E-state index contributed by atoms with van der Waals surface area (Å²) in [5.74, 6) is -1.18. The number of halogens is 2. The molecule has 2 rings (SSSR count). The fourth-order valence-corrected chi connectivity index (χ4v) is 1.59. The van der Waals surface area contributed by atoms with Gasteiger partial charge in [-0.1, -0.05) is 0 Å². The smallest absolute Gasteiger partial charge is 0.149 e. The Hall–Kier alpha value is -1.91. The zero-order chi connectivity index (χ0) is 12.4. The maximum atomic E-state index is 13.4. The molecular weight excluding hydrogens is 224 g/mol. The van der Waals surface area contributed by atoms with Gasteiger partial charge in [0, 0.05) is 24.9 Å². The van der Waals surface area contributed by atoms with Crippen molar-refractivity contribution in [2.75, 3.05) is 5.32 Å². The lowest BCUT2D eigenvalue weighted by atomic mass is 10.2. The number of nitrogens with zero attached hydrogens (tertiary/aromatic N) is 2. The van der Waals surface area contributed by atoms with E-state index in [1.807, 2.05) is 20.2 Å². The van der Waals surface area contributed by atoms with Gasteiger partial charge < -0.3 is 5.32 Å². The molecule has 1 aromatic heterocycles. The molecule has 90 valence electrons. The minimum Gasteiger partial charge on any atom is -0.376 e. The lowest BCUT2D eigenvalue weighted by molar-refractivity contribution is 0.584. The van der Waals surface area contributed by atoms with Gasteiger partial charge in [-0.15, -0.1) is 0 Å². The van der Waals surface area contributed by atoms with Crippen LogP contribution in [-0.2, 0) is 7.05 Å². The number of rotatable bonds is 3. The average Bonchev–Trinajstić information content (AvgIpc) is 2.69. The molecule has 0 fully saturated rings. The molecular formula is C12H13F2N3. The van der Waals surface area contributed by atoms with Crippen LogP contribution in [0.2, 0.25) is 0 Å². The molecule has 3 nitrogen and oxygen atoms in total. The van der Waals surface area contributed by atoms with Crippen LogP contribution in [-0.4, -0.2) is 9.78 Å². The van der Waals surface area contributed by atoms with E-state index in [0.29, 0.717) is 0 Å². The van der Waals surface area contributed by atoms with Gasteiger partial charge in [-0.05, 0) is 19.1 Å². The Balaban J connectivity index is 2.15. The number of benzene rings is 1. The maximum absolute atomic E-state index is 13.4. The molecule has 0 radical (unpaired) electrons. The number of anilines is 1. The predicted octanol–water partition coefficient (Wildman–Crippen LogP) is 2.87. The maximum Gasteiger partial charge on any atom is 0.149 e. The van der Waals surface area contributed by atoms with Crippen molar-refractivity contribution in [2.24, 2.45) is 7.05 Å². The number of aromatic nitrogens is 2. The third-order valence-corrected chi connectivity index (χ3v) is 2.53. The second-order valence-corrected chi connectivity index (χ2v) is 3.94. The molecule has 0 amide bonds. The first-order chi connectivity index (χ1) is 8.06. The summed E-state index contributed by atoms with van der Waals surface area (Å²) in [5.41, 5.74) is 1.22. The zero-order valence-electron chi connectivity index (χ0n) is 9.61. The highest BCUT2D eigenvalue weighted by Crippen LogP contribution is 2.21. The quantitative estimate of drug-likeness (QED) is 0.889. The van der Waals surface area contributed by atoms with E-state index in [0.717, 1.165) is 11.6 Å². The number of hydrogen-bond acceptors (Lipinski definition) is 2. The summed E-state index contributed by atoms with van der Waals surface area (Å²) in [7, 11) is 1.81. The second-order valence-electron chi connectivity index (χ2n) is 3.94. The predicted molar refractivity (Wildman–Crippen MR) is 61.6 cm³/mol. The molecule has 1 heterocycles. The minimum atomic E-state index is -0.597. The molecule has 0 spiro atoms. The standard InChI is InChI=1S/C12H13F2N3/c1-8(9-6-15-17(2)7-9)16-12-4-3-10(13)5-11(12)14/h3-8,16H,1-2H3. The highest BCUT2D eigenvalue weighted by atomic mass is 19.1. The van der Waals surface area contributed by atoms with Crippen LogP contribution < -0.4 is 5.32 Å². The largest absolute Gasteiger partial charge is 0.376 e. The van der Waals surface area contributed by atoms with E-state index < -0.39 is 11.6 Å². The Morgan fingerprint density at radius 3 is 2.71 bits per heavy atom. The topological polar surface area (TPSA) is 29.9 Å². The van der Waals surface area contributed by atoms with E-state index in [-0.39, 0.29) is 11.7 Å². The highest BCUT2D eigenvalue weighted by molar-refractivity contribution is 5.46. The van der Waals surface area contributed by atoms with Crippen molar-refractivity contribution in [3.63, 3.8) is 0 Å². The zero-order valence-corrected chi connectivity index (χ0v) is 9.61. The first-order valence-electron chi connectivity index (χ1n) is 5.26. The van der Waals surface area contributed by atoms with Gasteiger partial charge in [-0.25, -0.2) is 8.78 Å². The Bertz CT molecular complexity index is 522. The first kappa shape index (κ1) is 11.6. The molecule has 1 aromatic carbocycles. The third kappa shape index (κ3) is 2.61. The van der Waals surface area contributed by atoms with Crippen molar-refractivity contribution < 1.29 is 8.78 Å². The number of hydrogen-bond donors (Lipinski definition) is 1. The monoisotopic (exact) mass is 237 g/mol. The van der Waals surface area contributed by atoms with Gasteiger partial charge in [0.05, 0.1) is 17.9 Å². The molecule has 0 aliphatic carbocycles. The minimum absolute atomic E-state index is 0.0938. The Kier molecular flexibility index (Phi) is 3.08. The van der Waals surface area contributed by atoms with Gasteiger partial charge in [0.1, 0.15) is 11.6 Å². The lowest BCUT2D eigenvalue weighted by Crippen LogP contribution is -2.07. The molecule has 5 heteroatoms. The summed E-state index contributed by atoms with van der Waals surface area (Å²) in [4.78, 5) is 0. The van der Waals surface area contributed by atoms with Crippen molar-refractivity contribution >= 4 is 5.69 Å². The van der Waals surface area contributed by atoms with Gasteiger partial charge in [0.15, 0.2) is 0 Å². The summed E-state index contributed by atoms with van der Waals surface area (Å²) in [6.07, 6.45) is 3.55. The van der Waals surface area contributed by atoms with E-state index in [1.54, 1.807) is 10.9 Å². The summed E-state index contributed by atoms with van der Waals surface area (Å²) < 4.78 is 27.8. The summed E-state index contributed by atoms with van der Waals surface area (Å²) in [6, 6.07) is 3.38. The van der Waals surface area contributed by atoms with Crippen LogP contribution in [0.1, 0.15) is 18.5 Å². The van der Waals surface area contributed by atoms with Gasteiger partial charge in [0.2, 0.25) is 0 Å². The van der Waals surface area contributed by atoms with Gasteiger partial charge in [0.25, 0.3) is 0 Å². The van der Waals surface area contributed by atoms with Gasteiger partial charge in [-0.2, -0.15) is 5.10 Å². The number of nitrogens with one attached hydrogen (secondary N) is 1. The van der Waals surface area contributed by atoms with Gasteiger partial charge in [-0.3, -0.25) is 4.68 Å². The molecule has 2 aromatic rings. The second kappa shape index (κ2) is 4.53. The fraction of sp³-hybridized carbons (Fsp3) is 0.250. The first-order valence-corrected chi connectivity index (χ1v) is 5.26. The van der Waals surface area contributed by atoms with E-state index in [9.17, 15) is 8.78 Å². The SMILES string of the molecule is CC(Nc1ccc(F)cc1F)c1cnn(C)c1. The van der Waals surface area contributed by atoms with Crippen LogP contribution in [0, 0.1) is 11.6 Å². The normalized spacial score (nSPS) is 12.5. The third-order valence-electron chi connectivity index (χ3n) is 2.53. The lowest BCUT2D eigenvalue weighted by Gasteiger charge is -2.14. The van der Waals surface area contributed by atoms with Gasteiger partial charge >= 0.3 is 0 Å². The molecule has 0 aliphatic heterocycles. The van der Waals surface area contributed by atoms with Crippen LogP contribution in [0.25, 0.3) is 0 Å². The van der Waals surface area contributed by atoms with E-state index in [4.69, 9.17) is 0 Å². The molecule has 0 saturated heterocycles. The van der Waals surface area contributed by atoms with Crippen molar-refractivity contribution in [3.8, 4) is 0 Å². The molecule has 0 aliphatic rings. The average molecular weight is 237 g/mol. The summed E-state index contributed by atoms with van der Waals surface area (Å²) in [6.45, 7) is 1.89. The molecule has 17 heavy (non-hydrogen) atoms. The molecule has 1 atom stereocenters. The van der Waals surface area contributed by atoms with E-state index in [1.165, 1.54) is 12.1 Å². The molecule has 1 unspecified atom stereocenters. The van der Waals surface area contributed by atoms with E-state index >= 15 is 0 Å². The summed E-state index contributed by atoms with van der Waals surface area (Å²) in [5, 5.41) is 7.01. The molecule has 1 N–H and O–H groups in total. The van der Waals surface area contributed by atoms with Crippen molar-refractivity contribution in [3.05, 3.63) is 47.8 Å². The number of aryl methyl sites for hydroxylation is 1. The Labute approximate surface area is 98.1 Å². The van der Waals surface area contributed by atoms with E-state index in [2.05, 4.69) is 10.4 Å². The Morgan fingerprint density at radius 1 is 1.35 bits per heavy atom. The highest BCUT2D eigenvalue weighted by Gasteiger charge is 2.10. The molecule has 0 bridgehead atoms. The Morgan fingerprint density at radius 2 is 2.12 bits per heavy atom. The van der Waals surface area contributed by atoms with Crippen LogP contribution in [0.15, 0.2) is 30.6 Å². The fourth-order valence-electron chi connectivity index (χ4n) is 1.59. The van der Waals surface area contributed by atoms with Crippen LogP contribution in [0.4, 0.5) is 14.5 Å². The van der Waals surface area contributed by atoms with Crippen molar-refractivity contribution in [1.29, 1.82) is 0 Å².